The predicted molar refractivity (Wildman–Crippen MR) is 78.3 cm³/mol. The van der Waals surface area contributed by atoms with Gasteiger partial charge >= 0.3 is 5.69 Å². The maximum Gasteiger partial charge on any atom is 0.333 e. The summed E-state index contributed by atoms with van der Waals surface area (Å²) in [7, 11) is 0. The Morgan fingerprint density at radius 3 is 2.60 bits per heavy atom. The van der Waals surface area contributed by atoms with Gasteiger partial charge in [0.05, 0.1) is 11.0 Å². The average Bonchev–Trinajstić information content (AvgIpc) is 2.26. The summed E-state index contributed by atoms with van der Waals surface area (Å²) in [6.45, 7) is 7.40. The van der Waals surface area contributed by atoms with Gasteiger partial charge in [0.1, 0.15) is 5.69 Å². The van der Waals surface area contributed by atoms with E-state index in [0.717, 1.165) is 0 Å². The summed E-state index contributed by atoms with van der Waals surface area (Å²) in [6, 6.07) is 4.94. The Kier molecular flexibility index (Phi) is 5.33. The molecule has 1 aromatic carbocycles. The topological polar surface area (TPSA) is 84.6 Å². The Hall–Kier alpha value is -1.82. The van der Waals surface area contributed by atoms with Gasteiger partial charge < -0.3 is 15.2 Å². The van der Waals surface area contributed by atoms with E-state index in [2.05, 4.69) is 5.32 Å². The van der Waals surface area contributed by atoms with E-state index in [1.165, 1.54) is 0 Å². The van der Waals surface area contributed by atoms with Crippen molar-refractivity contribution in [1.29, 1.82) is 0 Å². The first-order chi connectivity index (χ1) is 9.26. The van der Waals surface area contributed by atoms with Crippen LogP contribution in [0.5, 0.6) is 5.75 Å². The van der Waals surface area contributed by atoms with E-state index >= 15 is 0 Å². The molecule has 0 aromatic heterocycles. The average molecular weight is 282 g/mol. The summed E-state index contributed by atoms with van der Waals surface area (Å²) < 4.78 is 5.49. The molecule has 0 aliphatic carbocycles. The van der Waals surface area contributed by atoms with Gasteiger partial charge in [0.2, 0.25) is 0 Å². The van der Waals surface area contributed by atoms with E-state index < -0.39 is 10.5 Å². The van der Waals surface area contributed by atoms with Crippen molar-refractivity contribution < 1.29 is 14.8 Å². The molecule has 0 aliphatic heterocycles. The summed E-state index contributed by atoms with van der Waals surface area (Å²) in [4.78, 5) is 10.9. The number of ether oxygens (including phenoxy) is 1. The van der Waals surface area contributed by atoms with Crippen LogP contribution in [-0.2, 0) is 0 Å². The maximum atomic E-state index is 11.3. The molecule has 112 valence electrons. The van der Waals surface area contributed by atoms with Crippen LogP contribution in [0.15, 0.2) is 18.2 Å². The lowest BCUT2D eigenvalue weighted by molar-refractivity contribution is -0.385. The third-order valence-electron chi connectivity index (χ3n) is 2.75. The van der Waals surface area contributed by atoms with Crippen molar-refractivity contribution in [3.63, 3.8) is 0 Å². The fourth-order valence-corrected chi connectivity index (χ4v) is 1.87. The van der Waals surface area contributed by atoms with Crippen molar-refractivity contribution >= 4 is 11.4 Å². The number of rotatable bonds is 7. The van der Waals surface area contributed by atoms with E-state index in [1.807, 2.05) is 27.7 Å². The SMILES string of the molecule is CC(C)Oc1cccc(NC(C)(C)CCO)c1[N+](=O)[O-]. The van der Waals surface area contributed by atoms with Crippen LogP contribution in [0.2, 0.25) is 0 Å². The molecule has 0 bridgehead atoms. The second-order valence-electron chi connectivity index (χ2n) is 5.56. The number of para-hydroxylation sites is 1. The predicted octanol–water partition coefficient (Wildman–Crippen LogP) is 2.95. The molecule has 0 atom stereocenters. The summed E-state index contributed by atoms with van der Waals surface area (Å²) >= 11 is 0. The molecule has 0 amide bonds. The number of hydrogen-bond donors (Lipinski definition) is 2. The number of aliphatic hydroxyl groups excluding tert-OH is 1. The van der Waals surface area contributed by atoms with Gasteiger partial charge in [-0.25, -0.2) is 0 Å². The summed E-state index contributed by atoms with van der Waals surface area (Å²) in [5, 5.41) is 23.4. The van der Waals surface area contributed by atoms with Crippen molar-refractivity contribution in [3.8, 4) is 5.75 Å². The van der Waals surface area contributed by atoms with Crippen LogP contribution in [0.25, 0.3) is 0 Å². The number of nitro groups is 1. The van der Waals surface area contributed by atoms with Crippen LogP contribution >= 0.6 is 0 Å². The Morgan fingerprint density at radius 1 is 1.45 bits per heavy atom. The number of nitrogens with one attached hydrogen (secondary N) is 1. The molecule has 0 saturated heterocycles. The third-order valence-corrected chi connectivity index (χ3v) is 2.75. The first-order valence-corrected chi connectivity index (χ1v) is 6.60. The molecule has 0 spiro atoms. The molecule has 0 fully saturated rings. The smallest absolute Gasteiger partial charge is 0.333 e. The molecule has 1 rings (SSSR count). The summed E-state index contributed by atoms with van der Waals surface area (Å²) in [5.74, 6) is 0.245. The number of hydrogen-bond acceptors (Lipinski definition) is 5. The molecule has 6 heteroatoms. The fourth-order valence-electron chi connectivity index (χ4n) is 1.87. The van der Waals surface area contributed by atoms with Gasteiger partial charge in [-0.1, -0.05) is 6.07 Å². The minimum Gasteiger partial charge on any atom is -0.484 e. The summed E-state index contributed by atoms with van der Waals surface area (Å²) in [6.07, 6.45) is 0.341. The van der Waals surface area contributed by atoms with E-state index in [-0.39, 0.29) is 24.1 Å². The summed E-state index contributed by atoms with van der Waals surface area (Å²) in [5.41, 5.74) is -0.130. The number of nitro benzene ring substituents is 1. The second kappa shape index (κ2) is 6.56. The molecule has 0 saturated carbocycles. The first-order valence-electron chi connectivity index (χ1n) is 6.60. The van der Waals surface area contributed by atoms with Crippen LogP contribution in [0.1, 0.15) is 34.1 Å². The minimum atomic E-state index is -0.449. The zero-order valence-electron chi connectivity index (χ0n) is 12.3. The minimum absolute atomic E-state index is 0.00990. The highest BCUT2D eigenvalue weighted by Gasteiger charge is 2.26. The number of benzene rings is 1. The molecule has 1 aromatic rings. The fraction of sp³-hybridized carbons (Fsp3) is 0.571. The number of aliphatic hydroxyl groups is 1. The molecular weight excluding hydrogens is 260 g/mol. The van der Waals surface area contributed by atoms with Crippen LogP contribution in [0.3, 0.4) is 0 Å². The van der Waals surface area contributed by atoms with Gasteiger partial charge in [-0.2, -0.15) is 0 Å². The van der Waals surface area contributed by atoms with Gasteiger partial charge in [0.15, 0.2) is 5.75 Å². The molecule has 20 heavy (non-hydrogen) atoms. The third kappa shape index (κ3) is 4.38. The van der Waals surface area contributed by atoms with Crippen LogP contribution < -0.4 is 10.1 Å². The second-order valence-corrected chi connectivity index (χ2v) is 5.56. The Balaban J connectivity index is 3.16. The van der Waals surface area contributed by atoms with Crippen LogP contribution in [0.4, 0.5) is 11.4 Å². The highest BCUT2D eigenvalue weighted by Crippen LogP contribution is 2.37. The highest BCUT2D eigenvalue weighted by molar-refractivity contribution is 5.69. The van der Waals surface area contributed by atoms with E-state index in [9.17, 15) is 10.1 Å². The monoisotopic (exact) mass is 282 g/mol. The molecule has 2 N–H and O–H groups in total. The number of anilines is 1. The lowest BCUT2D eigenvalue weighted by atomic mass is 10.0. The molecule has 0 aliphatic rings. The Labute approximate surface area is 118 Å². The van der Waals surface area contributed by atoms with E-state index in [4.69, 9.17) is 9.84 Å². The van der Waals surface area contributed by atoms with E-state index in [1.54, 1.807) is 18.2 Å². The van der Waals surface area contributed by atoms with Crippen molar-refractivity contribution in [2.75, 3.05) is 11.9 Å². The maximum absolute atomic E-state index is 11.3. The van der Waals surface area contributed by atoms with Crippen molar-refractivity contribution in [2.24, 2.45) is 0 Å². The zero-order chi connectivity index (χ0) is 15.3. The molecule has 0 unspecified atom stereocenters. The first kappa shape index (κ1) is 16.2. The lowest BCUT2D eigenvalue weighted by Gasteiger charge is -2.26. The van der Waals surface area contributed by atoms with Crippen molar-refractivity contribution in [2.45, 2.75) is 45.8 Å². The standard InChI is InChI=1S/C14H22N2O4/c1-10(2)20-12-7-5-6-11(13(12)16(18)19)15-14(3,4)8-9-17/h5-7,10,15,17H,8-9H2,1-4H3. The normalized spacial score (nSPS) is 11.5. The van der Waals surface area contributed by atoms with Crippen LogP contribution in [0, 0.1) is 10.1 Å². The quantitative estimate of drug-likeness (QED) is 0.593. The molecule has 0 heterocycles. The lowest BCUT2D eigenvalue weighted by Crippen LogP contribution is -2.32. The van der Waals surface area contributed by atoms with Gasteiger partial charge in [-0.05, 0) is 46.2 Å². The largest absolute Gasteiger partial charge is 0.484 e. The van der Waals surface area contributed by atoms with Gasteiger partial charge in [-0.3, -0.25) is 10.1 Å². The molecule has 6 nitrogen and oxygen atoms in total. The molecule has 0 radical (unpaired) electrons. The van der Waals surface area contributed by atoms with Gasteiger partial charge in [0, 0.05) is 12.1 Å². The van der Waals surface area contributed by atoms with Crippen molar-refractivity contribution in [3.05, 3.63) is 28.3 Å². The van der Waals surface area contributed by atoms with Crippen molar-refractivity contribution in [1.82, 2.24) is 0 Å². The number of nitrogens with zero attached hydrogens (tertiary/aromatic N) is 1. The van der Waals surface area contributed by atoms with Gasteiger partial charge in [0.25, 0.3) is 0 Å². The Morgan fingerprint density at radius 2 is 2.10 bits per heavy atom. The van der Waals surface area contributed by atoms with Gasteiger partial charge in [-0.15, -0.1) is 0 Å². The molecular formula is C14H22N2O4. The zero-order valence-corrected chi connectivity index (χ0v) is 12.3. The van der Waals surface area contributed by atoms with E-state index in [0.29, 0.717) is 12.1 Å². The van der Waals surface area contributed by atoms with Crippen LogP contribution in [-0.4, -0.2) is 28.3 Å². The Bertz CT molecular complexity index is 472. The highest BCUT2D eigenvalue weighted by atomic mass is 16.6.